The minimum absolute atomic E-state index is 0.0555. The Balaban J connectivity index is 2.55. The second-order valence-electron chi connectivity index (χ2n) is 6.20. The molecule has 0 radical (unpaired) electrons. The molecule has 1 aromatic rings. The standard InChI is InChI=1S/C16H26N2O2S/c1-11-8-15(10-17)9-16(14(11)4)21(19,20)18-12(2)6-5-7-13(18)3/h8-9,12-13H,5-7,10,17H2,1-4H3. The zero-order valence-electron chi connectivity index (χ0n) is 13.4. The molecule has 5 heteroatoms. The van der Waals surface area contributed by atoms with Crippen molar-refractivity contribution in [3.63, 3.8) is 0 Å². The Morgan fingerprint density at radius 2 is 1.76 bits per heavy atom. The van der Waals surface area contributed by atoms with Crippen LogP contribution in [-0.4, -0.2) is 24.8 Å². The molecule has 2 rings (SSSR count). The van der Waals surface area contributed by atoms with Gasteiger partial charge in [-0.3, -0.25) is 0 Å². The first kappa shape index (κ1) is 16.5. The van der Waals surface area contributed by atoms with Gasteiger partial charge >= 0.3 is 0 Å². The number of benzene rings is 1. The normalized spacial score (nSPS) is 24.2. The third-order valence-corrected chi connectivity index (χ3v) is 6.84. The number of sulfonamides is 1. The van der Waals surface area contributed by atoms with E-state index in [9.17, 15) is 8.42 Å². The molecule has 2 N–H and O–H groups in total. The predicted molar refractivity (Wildman–Crippen MR) is 85.6 cm³/mol. The monoisotopic (exact) mass is 310 g/mol. The van der Waals surface area contributed by atoms with E-state index in [2.05, 4.69) is 0 Å². The van der Waals surface area contributed by atoms with Crippen molar-refractivity contribution in [1.82, 2.24) is 4.31 Å². The summed E-state index contributed by atoms with van der Waals surface area (Å²) in [5.74, 6) is 0. The molecule has 0 spiro atoms. The lowest BCUT2D eigenvalue weighted by Crippen LogP contribution is -2.47. The summed E-state index contributed by atoms with van der Waals surface area (Å²) in [6.45, 7) is 8.18. The minimum atomic E-state index is -3.47. The SMILES string of the molecule is Cc1cc(CN)cc(S(=O)(=O)N2C(C)CCCC2C)c1C. The molecule has 21 heavy (non-hydrogen) atoms. The second-order valence-corrected chi connectivity index (χ2v) is 8.02. The Kier molecular flexibility index (Phi) is 4.76. The zero-order chi connectivity index (χ0) is 15.8. The number of piperidine rings is 1. The molecule has 4 nitrogen and oxygen atoms in total. The maximum absolute atomic E-state index is 13.1. The van der Waals surface area contributed by atoms with Crippen LogP contribution in [0, 0.1) is 13.8 Å². The number of nitrogens with zero attached hydrogens (tertiary/aromatic N) is 1. The van der Waals surface area contributed by atoms with Crippen molar-refractivity contribution in [1.29, 1.82) is 0 Å². The van der Waals surface area contributed by atoms with Gasteiger partial charge in [0.25, 0.3) is 0 Å². The van der Waals surface area contributed by atoms with E-state index >= 15 is 0 Å². The maximum atomic E-state index is 13.1. The Bertz CT molecular complexity index is 615. The summed E-state index contributed by atoms with van der Waals surface area (Å²) in [6.07, 6.45) is 2.95. The summed E-state index contributed by atoms with van der Waals surface area (Å²) >= 11 is 0. The average Bonchev–Trinajstić information content (AvgIpc) is 2.41. The zero-order valence-corrected chi connectivity index (χ0v) is 14.2. The first-order valence-electron chi connectivity index (χ1n) is 7.62. The predicted octanol–water partition coefficient (Wildman–Crippen LogP) is 2.71. The van der Waals surface area contributed by atoms with Crippen molar-refractivity contribution < 1.29 is 8.42 Å². The number of rotatable bonds is 3. The second kappa shape index (κ2) is 6.07. The van der Waals surface area contributed by atoms with Crippen LogP contribution in [0.25, 0.3) is 0 Å². The molecule has 2 unspecified atom stereocenters. The topological polar surface area (TPSA) is 63.4 Å². The fraction of sp³-hybridized carbons (Fsp3) is 0.625. The van der Waals surface area contributed by atoms with Crippen molar-refractivity contribution in [2.45, 2.75) is 70.5 Å². The van der Waals surface area contributed by atoms with E-state index in [4.69, 9.17) is 5.73 Å². The summed E-state index contributed by atoms with van der Waals surface area (Å²) in [6, 6.07) is 3.82. The maximum Gasteiger partial charge on any atom is 0.243 e. The average molecular weight is 310 g/mol. The highest BCUT2D eigenvalue weighted by Crippen LogP contribution is 2.32. The van der Waals surface area contributed by atoms with Crippen molar-refractivity contribution >= 4 is 10.0 Å². The fourth-order valence-corrected chi connectivity index (χ4v) is 5.50. The Labute approximate surface area is 128 Å². The van der Waals surface area contributed by atoms with Gasteiger partial charge in [0.15, 0.2) is 0 Å². The highest BCUT2D eigenvalue weighted by atomic mass is 32.2. The Morgan fingerprint density at radius 1 is 1.19 bits per heavy atom. The van der Waals surface area contributed by atoms with Crippen LogP contribution in [0.1, 0.15) is 49.8 Å². The molecule has 1 aliphatic heterocycles. The van der Waals surface area contributed by atoms with Crippen LogP contribution >= 0.6 is 0 Å². The number of nitrogens with two attached hydrogens (primary N) is 1. The molecule has 118 valence electrons. The van der Waals surface area contributed by atoms with Crippen LogP contribution in [0.15, 0.2) is 17.0 Å². The number of hydrogen-bond donors (Lipinski definition) is 1. The molecule has 1 saturated heterocycles. The van der Waals surface area contributed by atoms with E-state index < -0.39 is 10.0 Å². The van der Waals surface area contributed by atoms with Gasteiger partial charge in [0, 0.05) is 18.6 Å². The van der Waals surface area contributed by atoms with E-state index in [0.29, 0.717) is 11.4 Å². The van der Waals surface area contributed by atoms with Gasteiger partial charge in [-0.15, -0.1) is 0 Å². The molecule has 1 fully saturated rings. The summed E-state index contributed by atoms with van der Waals surface area (Å²) < 4.78 is 28.0. The highest BCUT2D eigenvalue weighted by molar-refractivity contribution is 7.89. The Hall–Kier alpha value is -0.910. The molecule has 1 aromatic carbocycles. The lowest BCUT2D eigenvalue weighted by atomic mass is 10.0. The molecule has 1 aliphatic rings. The van der Waals surface area contributed by atoms with Crippen molar-refractivity contribution in [3.05, 3.63) is 28.8 Å². The van der Waals surface area contributed by atoms with Crippen LogP contribution in [0.2, 0.25) is 0 Å². The van der Waals surface area contributed by atoms with Crippen LogP contribution in [0.5, 0.6) is 0 Å². The lowest BCUT2D eigenvalue weighted by molar-refractivity contribution is 0.204. The molecule has 1 heterocycles. The van der Waals surface area contributed by atoms with Gasteiger partial charge in [-0.2, -0.15) is 4.31 Å². The number of hydrogen-bond acceptors (Lipinski definition) is 3. The van der Waals surface area contributed by atoms with Crippen LogP contribution in [0.4, 0.5) is 0 Å². The van der Waals surface area contributed by atoms with Crippen LogP contribution in [-0.2, 0) is 16.6 Å². The number of aryl methyl sites for hydroxylation is 1. The van der Waals surface area contributed by atoms with E-state index in [0.717, 1.165) is 36.0 Å². The van der Waals surface area contributed by atoms with Gasteiger partial charge < -0.3 is 5.73 Å². The van der Waals surface area contributed by atoms with Gasteiger partial charge in [-0.25, -0.2) is 8.42 Å². The van der Waals surface area contributed by atoms with Crippen molar-refractivity contribution in [2.24, 2.45) is 5.73 Å². The molecule has 2 atom stereocenters. The molecule has 0 amide bonds. The molecule has 0 saturated carbocycles. The van der Waals surface area contributed by atoms with Crippen LogP contribution < -0.4 is 5.73 Å². The first-order chi connectivity index (χ1) is 9.78. The molecular formula is C16H26N2O2S. The van der Waals surface area contributed by atoms with Gasteiger partial charge in [-0.05, 0) is 63.3 Å². The third-order valence-electron chi connectivity index (χ3n) is 4.58. The summed E-state index contributed by atoms with van der Waals surface area (Å²) in [5, 5.41) is 0. The van der Waals surface area contributed by atoms with E-state index in [1.165, 1.54) is 0 Å². The van der Waals surface area contributed by atoms with Crippen molar-refractivity contribution in [3.8, 4) is 0 Å². The molecular weight excluding hydrogens is 284 g/mol. The Morgan fingerprint density at radius 3 is 2.29 bits per heavy atom. The van der Waals surface area contributed by atoms with E-state index in [1.54, 1.807) is 10.4 Å². The van der Waals surface area contributed by atoms with Gasteiger partial charge in [-0.1, -0.05) is 12.5 Å². The molecule has 0 aliphatic carbocycles. The van der Waals surface area contributed by atoms with Gasteiger partial charge in [0.2, 0.25) is 10.0 Å². The highest BCUT2D eigenvalue weighted by Gasteiger charge is 2.36. The van der Waals surface area contributed by atoms with Crippen LogP contribution in [0.3, 0.4) is 0 Å². The first-order valence-corrected chi connectivity index (χ1v) is 9.06. The summed E-state index contributed by atoms with van der Waals surface area (Å²) in [5.41, 5.74) is 8.39. The minimum Gasteiger partial charge on any atom is -0.326 e. The van der Waals surface area contributed by atoms with Crippen molar-refractivity contribution in [2.75, 3.05) is 0 Å². The summed E-state index contributed by atoms with van der Waals surface area (Å²) in [4.78, 5) is 0.420. The van der Waals surface area contributed by atoms with E-state index in [-0.39, 0.29) is 12.1 Å². The molecule has 0 bridgehead atoms. The fourth-order valence-electron chi connectivity index (χ4n) is 3.27. The summed E-state index contributed by atoms with van der Waals surface area (Å²) in [7, 11) is -3.47. The van der Waals surface area contributed by atoms with Gasteiger partial charge in [0.05, 0.1) is 4.90 Å². The largest absolute Gasteiger partial charge is 0.326 e. The smallest absolute Gasteiger partial charge is 0.243 e. The molecule has 0 aromatic heterocycles. The quantitative estimate of drug-likeness (QED) is 0.933. The third kappa shape index (κ3) is 3.00. The van der Waals surface area contributed by atoms with E-state index in [1.807, 2.05) is 33.8 Å². The lowest BCUT2D eigenvalue weighted by Gasteiger charge is -2.38. The van der Waals surface area contributed by atoms with Gasteiger partial charge in [0.1, 0.15) is 0 Å².